The number of benzene rings is 2. The zero-order valence-corrected chi connectivity index (χ0v) is 13.8. The number of carbonyl (C=O) groups excluding carboxylic acids is 1. The van der Waals surface area contributed by atoms with Crippen molar-refractivity contribution in [1.82, 2.24) is 9.78 Å². The Labute approximate surface area is 151 Å². The van der Waals surface area contributed by atoms with Crippen LogP contribution in [0.25, 0.3) is 0 Å². The van der Waals surface area contributed by atoms with Gasteiger partial charge >= 0.3 is 12.2 Å². The van der Waals surface area contributed by atoms with Gasteiger partial charge in [0, 0.05) is 11.9 Å². The second kappa shape index (κ2) is 7.48. The van der Waals surface area contributed by atoms with E-state index in [9.17, 15) is 22.4 Å². The Kier molecular flexibility index (Phi) is 5.11. The van der Waals surface area contributed by atoms with Gasteiger partial charge in [0.25, 0.3) is 0 Å². The Morgan fingerprint density at radius 2 is 1.74 bits per heavy atom. The van der Waals surface area contributed by atoms with E-state index < -0.39 is 17.8 Å². The number of nitrogens with zero attached hydrogens (tertiary/aromatic N) is 2. The summed E-state index contributed by atoms with van der Waals surface area (Å²) in [5.41, 5.74) is 0.342. The molecule has 0 saturated heterocycles. The van der Waals surface area contributed by atoms with Crippen LogP contribution in [-0.2, 0) is 12.7 Å². The summed E-state index contributed by atoms with van der Waals surface area (Å²) in [6.07, 6.45) is -1.54. The molecule has 1 heterocycles. The number of amides is 2. The molecule has 0 bridgehead atoms. The number of hydrogen-bond acceptors (Lipinski definition) is 2. The van der Waals surface area contributed by atoms with Crippen LogP contribution in [0.1, 0.15) is 11.1 Å². The summed E-state index contributed by atoms with van der Waals surface area (Å²) in [6, 6.07) is 9.53. The Balaban J connectivity index is 1.60. The van der Waals surface area contributed by atoms with Crippen molar-refractivity contribution in [1.29, 1.82) is 0 Å². The average Bonchev–Trinajstić information content (AvgIpc) is 3.03. The van der Waals surface area contributed by atoms with Gasteiger partial charge < -0.3 is 10.6 Å². The van der Waals surface area contributed by atoms with Crippen molar-refractivity contribution in [3.63, 3.8) is 0 Å². The summed E-state index contributed by atoms with van der Waals surface area (Å²) >= 11 is 0. The van der Waals surface area contributed by atoms with E-state index in [0.29, 0.717) is 12.2 Å². The number of halogens is 4. The van der Waals surface area contributed by atoms with E-state index in [-0.39, 0.29) is 11.5 Å². The van der Waals surface area contributed by atoms with Crippen LogP contribution in [0.3, 0.4) is 0 Å². The lowest BCUT2D eigenvalue weighted by atomic mass is 10.2. The zero-order valence-electron chi connectivity index (χ0n) is 13.8. The number of anilines is 2. The fraction of sp³-hybridized carbons (Fsp3) is 0.111. The maximum absolute atomic E-state index is 12.9. The lowest BCUT2D eigenvalue weighted by Crippen LogP contribution is -2.19. The van der Waals surface area contributed by atoms with Gasteiger partial charge in [-0.3, -0.25) is 4.68 Å². The molecule has 2 N–H and O–H groups in total. The molecule has 0 unspecified atom stereocenters. The second-order valence-electron chi connectivity index (χ2n) is 5.71. The molecule has 0 aliphatic heterocycles. The SMILES string of the molecule is O=C(Nc1cccc(C(F)(F)F)c1)Nc1cnn(Cc2ccc(F)cc2)c1. The molecule has 0 radical (unpaired) electrons. The van der Waals surface area contributed by atoms with Gasteiger partial charge in [-0.25, -0.2) is 9.18 Å². The summed E-state index contributed by atoms with van der Waals surface area (Å²) < 4.78 is 52.5. The van der Waals surface area contributed by atoms with Crippen molar-refractivity contribution < 1.29 is 22.4 Å². The van der Waals surface area contributed by atoms with E-state index in [0.717, 1.165) is 17.7 Å². The number of nitrogens with one attached hydrogen (secondary N) is 2. The maximum Gasteiger partial charge on any atom is 0.416 e. The fourth-order valence-electron chi connectivity index (χ4n) is 2.36. The van der Waals surface area contributed by atoms with Gasteiger partial charge in [0.05, 0.1) is 24.0 Å². The largest absolute Gasteiger partial charge is 0.416 e. The van der Waals surface area contributed by atoms with Crippen LogP contribution < -0.4 is 10.6 Å². The molecule has 5 nitrogen and oxygen atoms in total. The molecule has 2 amide bonds. The normalized spacial score (nSPS) is 11.3. The fourth-order valence-corrected chi connectivity index (χ4v) is 2.36. The Hall–Kier alpha value is -3.36. The standard InChI is InChI=1S/C18H14F4N4O/c19-14-6-4-12(5-7-14)10-26-11-16(9-23-26)25-17(27)24-15-3-1-2-13(8-15)18(20,21)22/h1-9,11H,10H2,(H2,24,25,27). The van der Waals surface area contributed by atoms with Gasteiger partial charge in [-0.15, -0.1) is 0 Å². The lowest BCUT2D eigenvalue weighted by Gasteiger charge is -2.10. The van der Waals surface area contributed by atoms with Crippen LogP contribution in [0.4, 0.5) is 33.7 Å². The molecule has 9 heteroatoms. The first-order valence-electron chi connectivity index (χ1n) is 7.82. The second-order valence-corrected chi connectivity index (χ2v) is 5.71. The number of urea groups is 1. The van der Waals surface area contributed by atoms with Gasteiger partial charge in [0.1, 0.15) is 5.82 Å². The molecule has 2 aromatic carbocycles. The Bertz CT molecular complexity index is 935. The lowest BCUT2D eigenvalue weighted by molar-refractivity contribution is -0.137. The summed E-state index contributed by atoms with van der Waals surface area (Å²) in [5, 5.41) is 8.90. The van der Waals surface area contributed by atoms with Crippen molar-refractivity contribution in [2.24, 2.45) is 0 Å². The summed E-state index contributed by atoms with van der Waals surface area (Å²) in [4.78, 5) is 12.0. The molecule has 0 aliphatic carbocycles. The highest BCUT2D eigenvalue weighted by Gasteiger charge is 2.30. The first-order valence-corrected chi connectivity index (χ1v) is 7.82. The molecule has 1 aromatic heterocycles. The van der Waals surface area contributed by atoms with Crippen molar-refractivity contribution in [3.05, 3.63) is 77.9 Å². The van der Waals surface area contributed by atoms with E-state index in [1.54, 1.807) is 18.3 Å². The number of alkyl halides is 3. The molecule has 0 atom stereocenters. The Morgan fingerprint density at radius 3 is 2.44 bits per heavy atom. The van der Waals surface area contributed by atoms with Gasteiger partial charge in [0.15, 0.2) is 0 Å². The highest BCUT2D eigenvalue weighted by molar-refractivity contribution is 5.99. The van der Waals surface area contributed by atoms with Gasteiger partial charge in [-0.05, 0) is 35.9 Å². The minimum Gasteiger partial charge on any atom is -0.308 e. The van der Waals surface area contributed by atoms with Crippen LogP contribution in [0.15, 0.2) is 60.9 Å². The van der Waals surface area contributed by atoms with Crippen molar-refractivity contribution in [3.8, 4) is 0 Å². The van der Waals surface area contributed by atoms with Crippen molar-refractivity contribution in [2.75, 3.05) is 10.6 Å². The highest BCUT2D eigenvalue weighted by atomic mass is 19.4. The van der Waals surface area contributed by atoms with Crippen molar-refractivity contribution >= 4 is 17.4 Å². The molecule has 3 aromatic rings. The summed E-state index contributed by atoms with van der Waals surface area (Å²) in [6.45, 7) is 0.372. The van der Waals surface area contributed by atoms with Crippen LogP contribution in [0, 0.1) is 5.82 Å². The van der Waals surface area contributed by atoms with Crippen molar-refractivity contribution in [2.45, 2.75) is 12.7 Å². The van der Waals surface area contributed by atoms with E-state index in [4.69, 9.17) is 0 Å². The first-order chi connectivity index (χ1) is 12.8. The first kappa shape index (κ1) is 18.4. The molecule has 140 valence electrons. The van der Waals surface area contributed by atoms with Gasteiger partial charge in [-0.2, -0.15) is 18.3 Å². The minimum absolute atomic E-state index is 0.0148. The topological polar surface area (TPSA) is 59.0 Å². The number of rotatable bonds is 4. The number of hydrogen-bond donors (Lipinski definition) is 2. The molecule has 3 rings (SSSR count). The third-order valence-corrected chi connectivity index (χ3v) is 3.60. The monoisotopic (exact) mass is 378 g/mol. The third-order valence-electron chi connectivity index (χ3n) is 3.60. The molecular formula is C18H14F4N4O. The van der Waals surface area contributed by atoms with Crippen LogP contribution in [0.2, 0.25) is 0 Å². The average molecular weight is 378 g/mol. The molecule has 0 spiro atoms. The van der Waals surface area contributed by atoms with Crippen LogP contribution >= 0.6 is 0 Å². The van der Waals surface area contributed by atoms with Crippen LogP contribution in [0.5, 0.6) is 0 Å². The summed E-state index contributed by atoms with van der Waals surface area (Å²) in [5.74, 6) is -0.340. The molecule has 0 fully saturated rings. The summed E-state index contributed by atoms with van der Waals surface area (Å²) in [7, 11) is 0. The van der Waals surface area contributed by atoms with Gasteiger partial charge in [-0.1, -0.05) is 18.2 Å². The highest BCUT2D eigenvalue weighted by Crippen LogP contribution is 2.30. The Morgan fingerprint density at radius 1 is 1.04 bits per heavy atom. The molecule has 0 saturated carbocycles. The predicted molar refractivity (Wildman–Crippen MR) is 91.8 cm³/mol. The molecule has 0 aliphatic rings. The van der Waals surface area contributed by atoms with E-state index in [2.05, 4.69) is 15.7 Å². The van der Waals surface area contributed by atoms with E-state index in [1.807, 2.05) is 0 Å². The maximum atomic E-state index is 12.9. The predicted octanol–water partition coefficient (Wildman–Crippen LogP) is 4.73. The minimum atomic E-state index is -4.49. The van der Waals surface area contributed by atoms with Gasteiger partial charge in [0.2, 0.25) is 0 Å². The molecular weight excluding hydrogens is 364 g/mol. The van der Waals surface area contributed by atoms with E-state index >= 15 is 0 Å². The third kappa shape index (κ3) is 5.06. The van der Waals surface area contributed by atoms with Crippen LogP contribution in [-0.4, -0.2) is 15.8 Å². The molecule has 27 heavy (non-hydrogen) atoms. The smallest absolute Gasteiger partial charge is 0.308 e. The van der Waals surface area contributed by atoms with E-state index in [1.165, 1.54) is 35.1 Å². The number of aromatic nitrogens is 2. The number of carbonyl (C=O) groups is 1. The zero-order chi connectivity index (χ0) is 19.4. The quantitative estimate of drug-likeness (QED) is 0.645.